The highest BCUT2D eigenvalue weighted by atomic mass is 35.5. The first-order chi connectivity index (χ1) is 13.8. The molecule has 1 aromatic carbocycles. The van der Waals surface area contributed by atoms with Crippen LogP contribution in [0.4, 0.5) is 13.2 Å². The van der Waals surface area contributed by atoms with Gasteiger partial charge in [-0.05, 0) is 49.3 Å². The molecule has 0 saturated heterocycles. The van der Waals surface area contributed by atoms with E-state index < -0.39 is 11.7 Å². The first-order valence-corrected chi connectivity index (χ1v) is 9.94. The minimum atomic E-state index is -4.50. The second-order valence-electron chi connectivity index (χ2n) is 7.95. The molecule has 2 aliphatic rings. The fraction of sp³-hybridized carbons (Fsp3) is 0.450. The Balaban J connectivity index is 1.65. The van der Waals surface area contributed by atoms with Crippen molar-refractivity contribution < 1.29 is 13.2 Å². The van der Waals surface area contributed by atoms with E-state index in [-0.39, 0.29) is 28.5 Å². The lowest BCUT2D eigenvalue weighted by Gasteiger charge is -2.19. The van der Waals surface area contributed by atoms with Crippen LogP contribution in [0.2, 0.25) is 5.02 Å². The largest absolute Gasteiger partial charge is 0.417 e. The zero-order valence-corrected chi connectivity index (χ0v) is 16.3. The third kappa shape index (κ3) is 3.13. The normalized spacial score (nSPS) is 18.4. The van der Waals surface area contributed by atoms with E-state index in [2.05, 4.69) is 10.1 Å². The van der Waals surface area contributed by atoms with Crippen molar-refractivity contribution in [1.29, 1.82) is 0 Å². The van der Waals surface area contributed by atoms with Crippen LogP contribution in [-0.2, 0) is 13.2 Å². The average molecular weight is 423 g/mol. The molecule has 0 bridgehead atoms. The Kier molecular flexibility index (Phi) is 4.07. The molecule has 2 aliphatic carbocycles. The third-order valence-corrected chi connectivity index (χ3v) is 6.11. The van der Waals surface area contributed by atoms with E-state index in [1.807, 2.05) is 0 Å². The van der Waals surface area contributed by atoms with Gasteiger partial charge in [0.2, 0.25) is 0 Å². The number of benzene rings is 1. The van der Waals surface area contributed by atoms with E-state index in [1.165, 1.54) is 12.1 Å². The highest BCUT2D eigenvalue weighted by Gasteiger charge is 2.39. The molecule has 29 heavy (non-hydrogen) atoms. The van der Waals surface area contributed by atoms with Crippen LogP contribution in [0.1, 0.15) is 54.5 Å². The number of fused-ring (bicyclic) bond motifs is 1. The van der Waals surface area contributed by atoms with Gasteiger partial charge in [0.05, 0.1) is 22.6 Å². The third-order valence-electron chi connectivity index (χ3n) is 5.80. The summed E-state index contributed by atoms with van der Waals surface area (Å²) in [7, 11) is 1.75. The number of alkyl halides is 3. The summed E-state index contributed by atoms with van der Waals surface area (Å²) in [6, 6.07) is 4.08. The van der Waals surface area contributed by atoms with Gasteiger partial charge >= 0.3 is 6.18 Å². The van der Waals surface area contributed by atoms with E-state index in [4.69, 9.17) is 11.6 Å². The van der Waals surface area contributed by atoms with Gasteiger partial charge in [0.1, 0.15) is 5.52 Å². The molecule has 0 amide bonds. The summed E-state index contributed by atoms with van der Waals surface area (Å²) in [5.41, 5.74) is 1.24. The van der Waals surface area contributed by atoms with E-state index in [0.29, 0.717) is 16.6 Å². The molecule has 0 aliphatic heterocycles. The van der Waals surface area contributed by atoms with Crippen molar-refractivity contribution in [3.63, 3.8) is 0 Å². The van der Waals surface area contributed by atoms with Gasteiger partial charge < -0.3 is 0 Å². The number of nitrogens with zero attached hydrogens (tertiary/aromatic N) is 4. The lowest BCUT2D eigenvalue weighted by Crippen LogP contribution is -2.19. The van der Waals surface area contributed by atoms with Crippen LogP contribution in [0.25, 0.3) is 11.0 Å². The Morgan fingerprint density at radius 3 is 2.48 bits per heavy atom. The van der Waals surface area contributed by atoms with Gasteiger partial charge in [0.15, 0.2) is 5.52 Å². The standard InChI is InChI=1S/C20H18ClF3N4O/c1-27-18(16-17(26-27)19(29)28(9-25-16)12-5-6-12)15(10-2-3-10)11-4-7-13(14(21)8-11)20(22,23)24/h4,7-10,12,15H,2-3,5-6H2,1H3. The van der Waals surface area contributed by atoms with Gasteiger partial charge in [-0.2, -0.15) is 18.3 Å². The van der Waals surface area contributed by atoms with Crippen molar-refractivity contribution in [3.8, 4) is 0 Å². The van der Waals surface area contributed by atoms with Gasteiger partial charge in [0.25, 0.3) is 5.56 Å². The molecule has 1 unspecified atom stereocenters. The number of hydrogen-bond acceptors (Lipinski definition) is 3. The fourth-order valence-corrected chi connectivity index (χ4v) is 4.39. The first-order valence-electron chi connectivity index (χ1n) is 9.56. The Labute approximate surface area is 169 Å². The maximum absolute atomic E-state index is 13.1. The SMILES string of the molecule is Cn1nc2c(=O)n(C3CC3)cnc2c1C(c1ccc(C(F)(F)F)c(Cl)c1)C1CC1. The Morgan fingerprint density at radius 2 is 1.90 bits per heavy atom. The van der Waals surface area contributed by atoms with E-state index in [0.717, 1.165) is 37.4 Å². The molecule has 0 N–H and O–H groups in total. The Morgan fingerprint density at radius 1 is 1.17 bits per heavy atom. The minimum Gasteiger partial charge on any atom is -0.294 e. The van der Waals surface area contributed by atoms with Crippen LogP contribution in [0.5, 0.6) is 0 Å². The number of halogens is 4. The predicted molar refractivity (Wildman–Crippen MR) is 102 cm³/mol. The summed E-state index contributed by atoms with van der Waals surface area (Å²) in [6.07, 6.45) is 0.893. The molecule has 5 rings (SSSR count). The van der Waals surface area contributed by atoms with Crippen molar-refractivity contribution in [3.05, 3.63) is 56.7 Å². The maximum Gasteiger partial charge on any atom is 0.417 e. The zero-order chi connectivity index (χ0) is 20.5. The van der Waals surface area contributed by atoms with Gasteiger partial charge in [-0.25, -0.2) is 4.98 Å². The molecule has 5 nitrogen and oxygen atoms in total. The lowest BCUT2D eigenvalue weighted by molar-refractivity contribution is -0.137. The summed E-state index contributed by atoms with van der Waals surface area (Å²) >= 11 is 5.98. The summed E-state index contributed by atoms with van der Waals surface area (Å²) in [5.74, 6) is 0.0440. The molecule has 0 spiro atoms. The molecule has 2 aromatic heterocycles. The summed E-state index contributed by atoms with van der Waals surface area (Å²) < 4.78 is 42.6. The van der Waals surface area contributed by atoms with Gasteiger partial charge in [0, 0.05) is 19.0 Å². The molecule has 3 aromatic rings. The van der Waals surface area contributed by atoms with Gasteiger partial charge in [-0.3, -0.25) is 14.0 Å². The van der Waals surface area contributed by atoms with Gasteiger partial charge in [-0.1, -0.05) is 17.7 Å². The van der Waals surface area contributed by atoms with E-state index in [9.17, 15) is 18.0 Å². The fourth-order valence-electron chi connectivity index (χ4n) is 4.09. The Bertz CT molecular complexity index is 1170. The monoisotopic (exact) mass is 422 g/mol. The van der Waals surface area contributed by atoms with Crippen molar-refractivity contribution in [1.82, 2.24) is 19.3 Å². The van der Waals surface area contributed by atoms with Crippen molar-refractivity contribution in [2.24, 2.45) is 13.0 Å². The number of aryl methyl sites for hydroxylation is 1. The van der Waals surface area contributed by atoms with Crippen LogP contribution in [0, 0.1) is 5.92 Å². The smallest absolute Gasteiger partial charge is 0.294 e. The second kappa shape index (κ2) is 6.32. The average Bonchev–Trinajstić information content (AvgIpc) is 3.54. The number of hydrogen-bond donors (Lipinski definition) is 0. The molecular formula is C20H18ClF3N4O. The van der Waals surface area contributed by atoms with Crippen LogP contribution in [-0.4, -0.2) is 19.3 Å². The second-order valence-corrected chi connectivity index (χ2v) is 8.35. The predicted octanol–water partition coefficient (Wildman–Crippen LogP) is 4.68. The summed E-state index contributed by atoms with van der Waals surface area (Å²) in [6.45, 7) is 0. The highest BCUT2D eigenvalue weighted by Crippen LogP contribution is 2.48. The van der Waals surface area contributed by atoms with Crippen LogP contribution < -0.4 is 5.56 Å². The van der Waals surface area contributed by atoms with E-state index >= 15 is 0 Å². The van der Waals surface area contributed by atoms with Crippen LogP contribution in [0.15, 0.2) is 29.3 Å². The molecular weight excluding hydrogens is 405 g/mol. The quantitative estimate of drug-likeness (QED) is 0.613. The molecule has 152 valence electrons. The zero-order valence-electron chi connectivity index (χ0n) is 15.6. The Hall–Kier alpha value is -2.35. The number of rotatable bonds is 4. The van der Waals surface area contributed by atoms with Gasteiger partial charge in [-0.15, -0.1) is 0 Å². The molecule has 2 heterocycles. The number of aromatic nitrogens is 4. The minimum absolute atomic E-state index is 0.167. The summed E-state index contributed by atoms with van der Waals surface area (Å²) in [4.78, 5) is 17.4. The topological polar surface area (TPSA) is 52.7 Å². The summed E-state index contributed by atoms with van der Waals surface area (Å²) in [5, 5.41) is 4.10. The molecule has 9 heteroatoms. The molecule has 1 atom stereocenters. The van der Waals surface area contributed by atoms with Crippen molar-refractivity contribution >= 4 is 22.6 Å². The molecule has 2 fully saturated rings. The van der Waals surface area contributed by atoms with E-state index in [1.54, 1.807) is 22.6 Å². The molecule has 0 radical (unpaired) electrons. The first kappa shape index (κ1) is 18.7. The molecule has 2 saturated carbocycles. The van der Waals surface area contributed by atoms with Crippen LogP contribution in [0.3, 0.4) is 0 Å². The van der Waals surface area contributed by atoms with Crippen molar-refractivity contribution in [2.45, 2.75) is 43.8 Å². The maximum atomic E-state index is 13.1. The lowest BCUT2D eigenvalue weighted by atomic mass is 9.89. The van der Waals surface area contributed by atoms with Crippen molar-refractivity contribution in [2.75, 3.05) is 0 Å². The highest BCUT2D eigenvalue weighted by molar-refractivity contribution is 6.31. The van der Waals surface area contributed by atoms with Crippen LogP contribution >= 0.6 is 11.6 Å².